The Bertz CT molecular complexity index is 286. The molecular weight excluding hydrogens is 200 g/mol. The molecule has 0 saturated carbocycles. The Hall–Kier alpha value is -0.490. The highest BCUT2D eigenvalue weighted by atomic mass is 32.1. The second-order valence-corrected chi connectivity index (χ2v) is 4.60. The summed E-state index contributed by atoms with van der Waals surface area (Å²) >= 11 is 1.55. The number of rotatable bonds is 5. The van der Waals surface area contributed by atoms with Crippen molar-refractivity contribution in [2.24, 2.45) is 5.73 Å². The number of hydrogen-bond donors (Lipinski definition) is 2. The normalized spacial score (nSPS) is 15.4. The van der Waals surface area contributed by atoms with Gasteiger partial charge in [0, 0.05) is 24.4 Å². The monoisotopic (exact) mass is 216 g/mol. The van der Waals surface area contributed by atoms with Crippen LogP contribution in [0.3, 0.4) is 0 Å². The third kappa shape index (κ3) is 3.34. The molecule has 0 aliphatic rings. The molecule has 80 valence electrons. The smallest absolute Gasteiger partial charge is 0.119 e. The molecule has 3 N–H and O–H groups in total. The molecule has 1 rings (SSSR count). The second kappa shape index (κ2) is 4.84. The van der Waals surface area contributed by atoms with E-state index in [1.807, 2.05) is 12.3 Å². The maximum absolute atomic E-state index is 8.99. The molecule has 5 heteroatoms. The molecule has 1 unspecified atom stereocenters. The number of aliphatic hydroxyl groups is 1. The van der Waals surface area contributed by atoms with E-state index in [-0.39, 0.29) is 6.61 Å². The summed E-state index contributed by atoms with van der Waals surface area (Å²) in [5.41, 5.74) is 6.15. The quantitative estimate of drug-likeness (QED) is 0.754. The largest absolute Gasteiger partial charge is 0.394 e. The van der Waals surface area contributed by atoms with E-state index in [1.54, 1.807) is 18.4 Å². The van der Waals surface area contributed by atoms with Crippen LogP contribution in [0.5, 0.6) is 0 Å². The summed E-state index contributed by atoms with van der Waals surface area (Å²) in [6.07, 6.45) is 0.587. The van der Waals surface area contributed by atoms with Gasteiger partial charge in [-0.25, -0.2) is 4.98 Å². The molecule has 0 aliphatic heterocycles. The molecule has 0 fully saturated rings. The number of ether oxygens (including phenoxy) is 1. The summed E-state index contributed by atoms with van der Waals surface area (Å²) in [5.74, 6) is 0. The van der Waals surface area contributed by atoms with Crippen molar-refractivity contribution in [2.75, 3.05) is 13.7 Å². The van der Waals surface area contributed by atoms with Gasteiger partial charge in [-0.2, -0.15) is 0 Å². The molecule has 4 nitrogen and oxygen atoms in total. The highest BCUT2D eigenvalue weighted by Crippen LogP contribution is 2.15. The second-order valence-electron chi connectivity index (χ2n) is 3.65. The van der Waals surface area contributed by atoms with Gasteiger partial charge in [0.25, 0.3) is 0 Å². The fourth-order valence-electron chi connectivity index (χ4n) is 1.09. The van der Waals surface area contributed by atoms with E-state index < -0.39 is 5.54 Å². The lowest BCUT2D eigenvalue weighted by atomic mass is 9.99. The van der Waals surface area contributed by atoms with E-state index >= 15 is 0 Å². The minimum absolute atomic E-state index is 0.0376. The van der Waals surface area contributed by atoms with Gasteiger partial charge in [0.1, 0.15) is 5.01 Å². The summed E-state index contributed by atoms with van der Waals surface area (Å²) in [6.45, 7) is 2.30. The molecule has 0 spiro atoms. The zero-order chi connectivity index (χ0) is 10.6. The Balaban J connectivity index is 2.59. The molecule has 0 aromatic carbocycles. The molecule has 0 bridgehead atoms. The van der Waals surface area contributed by atoms with Crippen LogP contribution in [0.4, 0.5) is 0 Å². The van der Waals surface area contributed by atoms with Crippen LogP contribution < -0.4 is 5.73 Å². The van der Waals surface area contributed by atoms with Crippen molar-refractivity contribution in [1.29, 1.82) is 0 Å². The number of aliphatic hydroxyl groups excluding tert-OH is 1. The van der Waals surface area contributed by atoms with E-state index in [1.165, 1.54) is 0 Å². The number of nitrogens with two attached hydrogens (primary N) is 1. The van der Waals surface area contributed by atoms with Crippen LogP contribution in [0, 0.1) is 0 Å². The molecule has 1 aromatic rings. The standard InChI is InChI=1S/C9H16N2O2S/c1-9(10,6-12)3-7-5-14-8(11-7)4-13-2/h5,12H,3-4,6,10H2,1-2H3. The van der Waals surface area contributed by atoms with Gasteiger partial charge in [0.15, 0.2) is 0 Å². The van der Waals surface area contributed by atoms with Gasteiger partial charge < -0.3 is 15.6 Å². The van der Waals surface area contributed by atoms with E-state index in [4.69, 9.17) is 15.6 Å². The van der Waals surface area contributed by atoms with Crippen molar-refractivity contribution in [2.45, 2.75) is 25.5 Å². The number of nitrogens with zero attached hydrogens (tertiary/aromatic N) is 1. The molecule has 1 atom stereocenters. The summed E-state index contributed by atoms with van der Waals surface area (Å²) in [4.78, 5) is 4.34. The molecule has 1 heterocycles. The lowest BCUT2D eigenvalue weighted by Crippen LogP contribution is -2.42. The fourth-order valence-corrected chi connectivity index (χ4v) is 1.85. The summed E-state index contributed by atoms with van der Waals surface area (Å²) in [6, 6.07) is 0. The summed E-state index contributed by atoms with van der Waals surface area (Å²) < 4.78 is 4.96. The van der Waals surface area contributed by atoms with Gasteiger partial charge in [-0.3, -0.25) is 0 Å². The van der Waals surface area contributed by atoms with Crippen LogP contribution in [0.2, 0.25) is 0 Å². The highest BCUT2D eigenvalue weighted by Gasteiger charge is 2.19. The minimum atomic E-state index is -0.585. The SMILES string of the molecule is COCc1nc(CC(C)(N)CO)cs1. The van der Waals surface area contributed by atoms with Gasteiger partial charge in [0.05, 0.1) is 18.9 Å². The predicted molar refractivity (Wildman–Crippen MR) is 56.2 cm³/mol. The third-order valence-electron chi connectivity index (χ3n) is 1.81. The Labute approximate surface area is 87.7 Å². The maximum atomic E-state index is 8.99. The minimum Gasteiger partial charge on any atom is -0.394 e. The first-order chi connectivity index (χ1) is 6.57. The maximum Gasteiger partial charge on any atom is 0.119 e. The molecule has 0 radical (unpaired) electrons. The van der Waals surface area contributed by atoms with Gasteiger partial charge in [-0.05, 0) is 6.92 Å². The first-order valence-corrected chi connectivity index (χ1v) is 5.27. The Morgan fingerprint density at radius 2 is 2.43 bits per heavy atom. The van der Waals surface area contributed by atoms with Crippen molar-refractivity contribution in [3.8, 4) is 0 Å². The zero-order valence-electron chi connectivity index (χ0n) is 8.49. The van der Waals surface area contributed by atoms with Crippen LogP contribution in [0.25, 0.3) is 0 Å². The van der Waals surface area contributed by atoms with Crippen molar-refractivity contribution >= 4 is 11.3 Å². The molecule has 1 aromatic heterocycles. The van der Waals surface area contributed by atoms with Gasteiger partial charge in [-0.1, -0.05) is 0 Å². The van der Waals surface area contributed by atoms with Crippen molar-refractivity contribution in [1.82, 2.24) is 4.98 Å². The van der Waals surface area contributed by atoms with Crippen LogP contribution in [0.1, 0.15) is 17.6 Å². The summed E-state index contributed by atoms with van der Waals surface area (Å²) in [5, 5.41) is 11.9. The van der Waals surface area contributed by atoms with Crippen molar-refractivity contribution < 1.29 is 9.84 Å². The van der Waals surface area contributed by atoms with E-state index in [2.05, 4.69) is 4.98 Å². The first-order valence-electron chi connectivity index (χ1n) is 4.39. The van der Waals surface area contributed by atoms with E-state index in [0.717, 1.165) is 10.7 Å². The summed E-state index contributed by atoms with van der Waals surface area (Å²) in [7, 11) is 1.64. The van der Waals surface area contributed by atoms with Crippen LogP contribution in [-0.4, -0.2) is 29.3 Å². The lowest BCUT2D eigenvalue weighted by molar-refractivity contribution is 0.184. The molecule has 0 aliphatic carbocycles. The van der Waals surface area contributed by atoms with Crippen LogP contribution in [-0.2, 0) is 17.8 Å². The highest BCUT2D eigenvalue weighted by molar-refractivity contribution is 7.09. The fraction of sp³-hybridized carbons (Fsp3) is 0.667. The molecule has 0 amide bonds. The van der Waals surface area contributed by atoms with Crippen LogP contribution >= 0.6 is 11.3 Å². The van der Waals surface area contributed by atoms with Crippen LogP contribution in [0.15, 0.2) is 5.38 Å². The topological polar surface area (TPSA) is 68.4 Å². The Morgan fingerprint density at radius 3 is 3.00 bits per heavy atom. The van der Waals surface area contributed by atoms with E-state index in [0.29, 0.717) is 13.0 Å². The first kappa shape index (κ1) is 11.6. The Kier molecular flexibility index (Phi) is 4.00. The average Bonchev–Trinajstić information content (AvgIpc) is 2.53. The molecular formula is C9H16N2O2S. The van der Waals surface area contributed by atoms with Gasteiger partial charge >= 0.3 is 0 Å². The van der Waals surface area contributed by atoms with Crippen molar-refractivity contribution in [3.05, 3.63) is 16.1 Å². The number of aromatic nitrogens is 1. The number of methoxy groups -OCH3 is 1. The van der Waals surface area contributed by atoms with E-state index in [9.17, 15) is 0 Å². The third-order valence-corrected chi connectivity index (χ3v) is 2.68. The lowest BCUT2D eigenvalue weighted by Gasteiger charge is -2.19. The predicted octanol–water partition coefficient (Wildman–Crippen LogP) is 0.542. The average molecular weight is 216 g/mol. The van der Waals surface area contributed by atoms with Gasteiger partial charge in [0.2, 0.25) is 0 Å². The molecule has 0 saturated heterocycles. The van der Waals surface area contributed by atoms with Gasteiger partial charge in [-0.15, -0.1) is 11.3 Å². The zero-order valence-corrected chi connectivity index (χ0v) is 9.30. The Morgan fingerprint density at radius 1 is 1.71 bits per heavy atom. The van der Waals surface area contributed by atoms with Crippen molar-refractivity contribution in [3.63, 3.8) is 0 Å². The number of hydrogen-bond acceptors (Lipinski definition) is 5. The molecule has 14 heavy (non-hydrogen) atoms. The number of thiazole rings is 1.